The van der Waals surface area contributed by atoms with Crippen LogP contribution in [0.25, 0.3) is 6.08 Å². The van der Waals surface area contributed by atoms with Gasteiger partial charge in [-0.05, 0) is 73.6 Å². The molecule has 38 heavy (non-hydrogen) atoms. The third-order valence-electron chi connectivity index (χ3n) is 6.84. The second-order valence-electron chi connectivity index (χ2n) is 9.92. The van der Waals surface area contributed by atoms with Crippen LogP contribution in [0.4, 0.5) is 11.4 Å². The lowest BCUT2D eigenvalue weighted by Gasteiger charge is -2.28. The van der Waals surface area contributed by atoms with Gasteiger partial charge in [-0.1, -0.05) is 50.8 Å². The Morgan fingerprint density at radius 1 is 0.895 bits per heavy atom. The summed E-state index contributed by atoms with van der Waals surface area (Å²) in [6.45, 7) is 3.27. The molecule has 0 bridgehead atoms. The molecule has 0 heterocycles. The van der Waals surface area contributed by atoms with Gasteiger partial charge >= 0.3 is 11.9 Å². The quantitative estimate of drug-likeness (QED) is 0.133. The lowest BCUT2D eigenvalue weighted by molar-refractivity contribution is -0.137. The molecule has 4 N–H and O–H groups in total. The Bertz CT molecular complexity index is 1040. The smallest absolute Gasteiger partial charge is 0.338 e. The highest BCUT2D eigenvalue weighted by atomic mass is 16.5. The van der Waals surface area contributed by atoms with Gasteiger partial charge in [-0.2, -0.15) is 0 Å². The first kappa shape index (κ1) is 29.2. The molecule has 0 spiro atoms. The van der Waals surface area contributed by atoms with Crippen molar-refractivity contribution in [3.05, 3.63) is 65.2 Å². The van der Waals surface area contributed by atoms with Crippen LogP contribution in [0, 0.1) is 0 Å². The fourth-order valence-electron chi connectivity index (χ4n) is 4.54. The predicted molar refractivity (Wildman–Crippen MR) is 152 cm³/mol. The number of nitrogens with two attached hydrogens (primary N) is 2. The maximum atomic E-state index is 12.6. The third kappa shape index (κ3) is 10.2. The summed E-state index contributed by atoms with van der Waals surface area (Å²) < 4.78 is 17.0. The number of rotatable bonds is 14. The summed E-state index contributed by atoms with van der Waals surface area (Å²) in [7, 11) is 0. The van der Waals surface area contributed by atoms with E-state index in [-0.39, 0.29) is 24.8 Å². The molecule has 0 radical (unpaired) electrons. The monoisotopic (exact) mass is 522 g/mol. The number of hydrogen-bond donors (Lipinski definition) is 2. The zero-order chi connectivity index (χ0) is 27.2. The van der Waals surface area contributed by atoms with Crippen molar-refractivity contribution in [2.75, 3.05) is 24.7 Å². The topological polar surface area (TPSA) is 114 Å². The van der Waals surface area contributed by atoms with E-state index in [1.54, 1.807) is 42.5 Å². The minimum absolute atomic E-state index is 0.0650. The number of hydrogen-bond acceptors (Lipinski definition) is 7. The fourth-order valence-corrected chi connectivity index (χ4v) is 4.54. The van der Waals surface area contributed by atoms with Gasteiger partial charge in [-0.15, -0.1) is 0 Å². The van der Waals surface area contributed by atoms with Crippen LogP contribution in [0.3, 0.4) is 0 Å². The summed E-state index contributed by atoms with van der Waals surface area (Å²) in [6, 6.07) is 12.3. The van der Waals surface area contributed by atoms with E-state index in [4.69, 9.17) is 25.7 Å². The Morgan fingerprint density at radius 2 is 1.61 bits per heavy atom. The molecule has 1 aliphatic rings. The number of carbonyl (C=O) groups excluding carboxylic acids is 2. The molecule has 2 aromatic rings. The number of anilines is 2. The van der Waals surface area contributed by atoms with Crippen LogP contribution in [0.5, 0.6) is 0 Å². The van der Waals surface area contributed by atoms with E-state index >= 15 is 0 Å². The predicted octanol–water partition coefficient (Wildman–Crippen LogP) is 6.11. The summed E-state index contributed by atoms with van der Waals surface area (Å²) >= 11 is 0. The van der Waals surface area contributed by atoms with E-state index in [1.165, 1.54) is 31.8 Å². The van der Waals surface area contributed by atoms with Gasteiger partial charge in [0, 0.05) is 30.5 Å². The van der Waals surface area contributed by atoms with Gasteiger partial charge in [-0.25, -0.2) is 9.59 Å². The number of carbonyl (C=O) groups is 2. The molecule has 2 aromatic carbocycles. The zero-order valence-electron chi connectivity index (χ0n) is 22.5. The van der Waals surface area contributed by atoms with E-state index in [0.717, 1.165) is 49.8 Å². The molecule has 1 aliphatic carbocycles. The lowest BCUT2D eigenvalue weighted by atomic mass is 9.95. The van der Waals surface area contributed by atoms with Gasteiger partial charge in [0.05, 0.1) is 18.3 Å². The highest BCUT2D eigenvalue weighted by molar-refractivity contribution is 5.90. The van der Waals surface area contributed by atoms with Crippen molar-refractivity contribution in [1.29, 1.82) is 0 Å². The molecule has 1 fully saturated rings. The summed E-state index contributed by atoms with van der Waals surface area (Å²) in [5.74, 6) is -0.763. The number of benzene rings is 2. The molecule has 0 amide bonds. The highest BCUT2D eigenvalue weighted by Gasteiger charge is 2.24. The Hall–Kier alpha value is -3.32. The summed E-state index contributed by atoms with van der Waals surface area (Å²) in [5, 5.41) is 0. The number of nitrogen functional groups attached to an aromatic ring is 2. The molecule has 0 saturated heterocycles. The summed E-state index contributed by atoms with van der Waals surface area (Å²) in [5.41, 5.74) is 15.0. The number of esters is 2. The van der Waals surface area contributed by atoms with Crippen molar-refractivity contribution in [2.45, 2.75) is 83.3 Å². The maximum Gasteiger partial charge on any atom is 0.338 e. The summed E-state index contributed by atoms with van der Waals surface area (Å²) in [6.07, 6.45) is 13.5. The second-order valence-corrected chi connectivity index (χ2v) is 9.92. The minimum atomic E-state index is -0.446. The number of unbranched alkanes of at least 4 members (excludes halogenated alkanes) is 4. The Morgan fingerprint density at radius 3 is 2.32 bits per heavy atom. The Kier molecular flexibility index (Phi) is 12.2. The summed E-state index contributed by atoms with van der Waals surface area (Å²) in [4.78, 5) is 24.6. The van der Waals surface area contributed by atoms with Gasteiger partial charge in [0.15, 0.2) is 0 Å². The highest BCUT2D eigenvalue weighted by Crippen LogP contribution is 2.25. The van der Waals surface area contributed by atoms with Crippen LogP contribution in [0.1, 0.15) is 86.2 Å². The Balaban J connectivity index is 1.33. The lowest BCUT2D eigenvalue weighted by Crippen LogP contribution is -2.28. The molecule has 0 aliphatic heterocycles. The van der Waals surface area contributed by atoms with Crippen LogP contribution < -0.4 is 11.5 Å². The first-order valence-corrected chi connectivity index (χ1v) is 13.9. The SMILES string of the molecule is CCCCCCCOC1CCC(OC(=O)c2ccc(/C=C/C(=O)OCCc3ccc(N)cc3N)cc2)CC1. The Labute approximate surface area is 226 Å². The van der Waals surface area contributed by atoms with Crippen LogP contribution in [0.2, 0.25) is 0 Å². The molecule has 0 atom stereocenters. The third-order valence-corrected chi connectivity index (χ3v) is 6.84. The van der Waals surface area contributed by atoms with Crippen molar-refractivity contribution in [3.8, 4) is 0 Å². The maximum absolute atomic E-state index is 12.6. The van der Waals surface area contributed by atoms with Gasteiger partial charge in [0.2, 0.25) is 0 Å². The average Bonchev–Trinajstić information content (AvgIpc) is 2.92. The van der Waals surface area contributed by atoms with Gasteiger partial charge in [0.1, 0.15) is 6.10 Å². The molecular weight excluding hydrogens is 480 g/mol. The first-order valence-electron chi connectivity index (χ1n) is 13.9. The largest absolute Gasteiger partial charge is 0.462 e. The zero-order valence-corrected chi connectivity index (χ0v) is 22.5. The van der Waals surface area contributed by atoms with Gasteiger partial charge < -0.3 is 25.7 Å². The molecule has 7 heteroatoms. The van der Waals surface area contributed by atoms with E-state index in [9.17, 15) is 9.59 Å². The molecule has 0 unspecified atom stereocenters. The number of ether oxygens (including phenoxy) is 3. The normalized spacial score (nSPS) is 17.4. The minimum Gasteiger partial charge on any atom is -0.462 e. The van der Waals surface area contributed by atoms with Gasteiger partial charge in [-0.3, -0.25) is 0 Å². The fraction of sp³-hybridized carbons (Fsp3) is 0.484. The van der Waals surface area contributed by atoms with Crippen molar-refractivity contribution in [1.82, 2.24) is 0 Å². The van der Waals surface area contributed by atoms with E-state index in [1.807, 2.05) is 6.07 Å². The van der Waals surface area contributed by atoms with Crippen LogP contribution in [-0.2, 0) is 25.4 Å². The average molecular weight is 523 g/mol. The first-order chi connectivity index (χ1) is 18.4. The van der Waals surface area contributed by atoms with Gasteiger partial charge in [0.25, 0.3) is 0 Å². The van der Waals surface area contributed by atoms with Crippen molar-refractivity contribution in [2.24, 2.45) is 0 Å². The molecule has 1 saturated carbocycles. The molecule has 3 rings (SSSR count). The van der Waals surface area contributed by atoms with Crippen LogP contribution >= 0.6 is 0 Å². The molecule has 0 aromatic heterocycles. The molecular formula is C31H42N2O5. The second kappa shape index (κ2) is 15.8. The van der Waals surface area contributed by atoms with E-state index in [0.29, 0.717) is 23.4 Å². The van der Waals surface area contributed by atoms with Crippen molar-refractivity contribution < 1.29 is 23.8 Å². The van der Waals surface area contributed by atoms with Crippen LogP contribution in [0.15, 0.2) is 48.5 Å². The van der Waals surface area contributed by atoms with E-state index < -0.39 is 5.97 Å². The van der Waals surface area contributed by atoms with Crippen LogP contribution in [-0.4, -0.2) is 37.4 Å². The van der Waals surface area contributed by atoms with E-state index in [2.05, 4.69) is 6.92 Å². The van der Waals surface area contributed by atoms with Crippen molar-refractivity contribution >= 4 is 29.4 Å². The standard InChI is InChI=1S/C31H42N2O5/c1-2-3-4-5-6-20-36-27-14-16-28(17-15-27)38-31(35)25-10-7-23(8-11-25)9-18-30(34)37-21-19-24-12-13-26(32)22-29(24)33/h7-13,18,22,27-28H,2-6,14-17,19-21,32-33H2,1H3/b18-9+. The molecule has 7 nitrogen and oxygen atoms in total. The van der Waals surface area contributed by atoms with Crippen molar-refractivity contribution in [3.63, 3.8) is 0 Å². The molecule has 206 valence electrons.